The fraction of sp³-hybridized carbons (Fsp3) is 0.412. The smallest absolute Gasteiger partial charge is 0.358 e. The van der Waals surface area contributed by atoms with Gasteiger partial charge < -0.3 is 19.3 Å². The fourth-order valence-corrected chi connectivity index (χ4v) is 2.83. The summed E-state index contributed by atoms with van der Waals surface area (Å²) in [6, 6.07) is 5.40. The maximum atomic E-state index is 12.6. The Morgan fingerprint density at radius 1 is 1.22 bits per heavy atom. The van der Waals surface area contributed by atoms with Gasteiger partial charge in [0.25, 0.3) is 0 Å². The summed E-state index contributed by atoms with van der Waals surface area (Å²) >= 11 is 0. The largest absolute Gasteiger partial charge is 0.464 e. The number of allylic oxidation sites excluding steroid dienone is 1. The number of esters is 1. The zero-order valence-electron chi connectivity index (χ0n) is 13.6. The van der Waals surface area contributed by atoms with E-state index in [0.717, 1.165) is 18.7 Å². The summed E-state index contributed by atoms with van der Waals surface area (Å²) in [5.74, 6) is -0.232. The van der Waals surface area contributed by atoms with Crippen LogP contribution in [0.1, 0.15) is 15.9 Å². The van der Waals surface area contributed by atoms with Gasteiger partial charge in [0.05, 0.1) is 12.7 Å². The second kappa shape index (κ2) is 6.04. The lowest BCUT2D eigenvalue weighted by atomic mass is 10.1. The maximum Gasteiger partial charge on any atom is 0.358 e. The molecule has 0 aliphatic carbocycles. The molecule has 0 amide bonds. The van der Waals surface area contributed by atoms with Gasteiger partial charge in [0, 0.05) is 26.2 Å². The van der Waals surface area contributed by atoms with Gasteiger partial charge in [0.2, 0.25) is 11.5 Å². The van der Waals surface area contributed by atoms with E-state index in [0.29, 0.717) is 24.4 Å². The van der Waals surface area contributed by atoms with E-state index in [9.17, 15) is 9.59 Å². The Balaban J connectivity index is 2.01. The highest BCUT2D eigenvalue weighted by molar-refractivity contribution is 6.15. The molecule has 0 spiro atoms. The van der Waals surface area contributed by atoms with E-state index < -0.39 is 5.97 Å². The first kappa shape index (κ1) is 15.6. The number of rotatable bonds is 2. The van der Waals surface area contributed by atoms with Gasteiger partial charge in [-0.05, 0) is 31.7 Å². The van der Waals surface area contributed by atoms with E-state index >= 15 is 0 Å². The second-order valence-corrected chi connectivity index (χ2v) is 5.89. The molecule has 1 aromatic rings. The number of likely N-dealkylation sites (N-methyl/N-ethyl adjacent to an activating group) is 1. The lowest BCUT2D eigenvalue weighted by Gasteiger charge is -2.34. The van der Waals surface area contributed by atoms with E-state index in [1.54, 1.807) is 12.1 Å². The number of ether oxygens (including phenoxy) is 2. The second-order valence-electron chi connectivity index (χ2n) is 5.89. The molecular formula is C17H20N2O4. The number of ketones is 1. The quantitative estimate of drug-likeness (QED) is 0.604. The van der Waals surface area contributed by atoms with Crippen molar-refractivity contribution in [2.45, 2.75) is 6.92 Å². The van der Waals surface area contributed by atoms with Gasteiger partial charge in [0.15, 0.2) is 5.70 Å². The third-order valence-corrected chi connectivity index (χ3v) is 4.21. The molecule has 1 fully saturated rings. The van der Waals surface area contributed by atoms with Crippen LogP contribution in [0.4, 0.5) is 0 Å². The lowest BCUT2D eigenvalue weighted by Crippen LogP contribution is -2.46. The number of piperazine rings is 1. The molecule has 0 radical (unpaired) electrons. The van der Waals surface area contributed by atoms with Crippen molar-refractivity contribution in [3.05, 3.63) is 40.8 Å². The number of aryl methyl sites for hydroxylation is 1. The van der Waals surface area contributed by atoms with Crippen LogP contribution in [-0.4, -0.2) is 61.9 Å². The zero-order chi connectivity index (χ0) is 16.6. The maximum absolute atomic E-state index is 12.6. The van der Waals surface area contributed by atoms with E-state index in [2.05, 4.69) is 4.90 Å². The summed E-state index contributed by atoms with van der Waals surface area (Å²) in [6.45, 7) is 4.85. The Morgan fingerprint density at radius 3 is 2.57 bits per heavy atom. The highest BCUT2D eigenvalue weighted by Crippen LogP contribution is 2.34. The summed E-state index contributed by atoms with van der Waals surface area (Å²) in [6.07, 6.45) is 0. The average molecular weight is 316 g/mol. The topological polar surface area (TPSA) is 59.1 Å². The number of methoxy groups -OCH3 is 1. The highest BCUT2D eigenvalue weighted by atomic mass is 16.5. The van der Waals surface area contributed by atoms with Gasteiger partial charge in [-0.25, -0.2) is 4.79 Å². The first-order chi connectivity index (χ1) is 11.0. The predicted octanol–water partition coefficient (Wildman–Crippen LogP) is 1.20. The van der Waals surface area contributed by atoms with Crippen molar-refractivity contribution >= 4 is 11.8 Å². The summed E-state index contributed by atoms with van der Waals surface area (Å²) in [7, 11) is 3.34. The average Bonchev–Trinajstić information content (AvgIpc) is 2.85. The molecule has 0 atom stereocenters. The van der Waals surface area contributed by atoms with Crippen molar-refractivity contribution < 1.29 is 19.1 Å². The Hall–Kier alpha value is -2.34. The van der Waals surface area contributed by atoms with E-state index in [-0.39, 0.29) is 17.2 Å². The summed E-state index contributed by atoms with van der Waals surface area (Å²) < 4.78 is 10.6. The molecule has 3 rings (SSSR count). The summed E-state index contributed by atoms with van der Waals surface area (Å²) in [4.78, 5) is 29.0. The molecule has 0 unspecified atom stereocenters. The number of carbonyl (C=O) groups is 2. The standard InChI is InChI=1S/C17H20N2O4/c1-11-4-5-12-13(10-11)23-16(15(12)20)14(17(21)22-3)19-8-6-18(2)7-9-19/h4-5,10H,6-9H2,1-3H3/b16-14-. The number of carbonyl (C=O) groups excluding carboxylic acids is 2. The molecule has 0 aromatic heterocycles. The molecule has 1 saturated heterocycles. The predicted molar refractivity (Wildman–Crippen MR) is 84.2 cm³/mol. The van der Waals surface area contributed by atoms with Crippen molar-refractivity contribution in [3.8, 4) is 5.75 Å². The number of fused-ring (bicyclic) bond motifs is 1. The third-order valence-electron chi connectivity index (χ3n) is 4.21. The molecule has 2 heterocycles. The minimum atomic E-state index is -0.539. The molecule has 2 aliphatic heterocycles. The van der Waals surface area contributed by atoms with Crippen molar-refractivity contribution in [3.63, 3.8) is 0 Å². The van der Waals surface area contributed by atoms with Crippen molar-refractivity contribution in [1.29, 1.82) is 0 Å². The van der Waals surface area contributed by atoms with Crippen LogP contribution in [0.2, 0.25) is 0 Å². The minimum absolute atomic E-state index is 0.0713. The molecule has 6 nitrogen and oxygen atoms in total. The van der Waals surface area contributed by atoms with Gasteiger partial charge in [0.1, 0.15) is 5.75 Å². The van der Waals surface area contributed by atoms with E-state index in [1.165, 1.54) is 7.11 Å². The van der Waals surface area contributed by atoms with Crippen molar-refractivity contribution in [2.75, 3.05) is 40.3 Å². The van der Waals surface area contributed by atoms with Crippen LogP contribution < -0.4 is 4.74 Å². The molecule has 1 aromatic carbocycles. The number of nitrogens with zero attached hydrogens (tertiary/aromatic N) is 2. The monoisotopic (exact) mass is 316 g/mol. The number of hydrogen-bond acceptors (Lipinski definition) is 6. The van der Waals surface area contributed by atoms with Crippen molar-refractivity contribution in [2.24, 2.45) is 0 Å². The van der Waals surface area contributed by atoms with Gasteiger partial charge in [-0.15, -0.1) is 0 Å². The lowest BCUT2D eigenvalue weighted by molar-refractivity contribution is -0.138. The number of hydrogen-bond donors (Lipinski definition) is 0. The van der Waals surface area contributed by atoms with Gasteiger partial charge in [-0.1, -0.05) is 6.07 Å². The van der Waals surface area contributed by atoms with Crippen LogP contribution in [0.5, 0.6) is 5.75 Å². The van der Waals surface area contributed by atoms with Crippen LogP contribution in [0.25, 0.3) is 0 Å². The highest BCUT2D eigenvalue weighted by Gasteiger charge is 2.36. The number of benzene rings is 1. The van der Waals surface area contributed by atoms with Gasteiger partial charge in [-0.3, -0.25) is 4.79 Å². The third kappa shape index (κ3) is 2.82. The molecule has 0 saturated carbocycles. The normalized spacial score (nSPS) is 20.1. The van der Waals surface area contributed by atoms with Crippen LogP contribution in [0.3, 0.4) is 0 Å². The van der Waals surface area contributed by atoms with Crippen LogP contribution in [0.15, 0.2) is 29.7 Å². The first-order valence-corrected chi connectivity index (χ1v) is 7.60. The molecular weight excluding hydrogens is 296 g/mol. The Kier molecular flexibility index (Phi) is 4.09. The van der Waals surface area contributed by atoms with Gasteiger partial charge >= 0.3 is 5.97 Å². The van der Waals surface area contributed by atoms with Gasteiger partial charge in [-0.2, -0.15) is 0 Å². The Bertz CT molecular complexity index is 688. The first-order valence-electron chi connectivity index (χ1n) is 7.60. The van der Waals surface area contributed by atoms with Crippen LogP contribution in [0, 0.1) is 6.92 Å². The summed E-state index contributed by atoms with van der Waals surface area (Å²) in [5, 5.41) is 0. The Labute approximate surface area is 135 Å². The van der Waals surface area contributed by atoms with E-state index in [1.807, 2.05) is 24.9 Å². The number of Topliss-reactive ketones (excluding diaryl/α,β-unsaturated/α-hetero) is 1. The van der Waals surface area contributed by atoms with Crippen LogP contribution in [-0.2, 0) is 9.53 Å². The minimum Gasteiger partial charge on any atom is -0.464 e. The molecule has 0 N–H and O–H groups in total. The molecule has 2 aliphatic rings. The zero-order valence-corrected chi connectivity index (χ0v) is 13.6. The van der Waals surface area contributed by atoms with E-state index in [4.69, 9.17) is 9.47 Å². The molecule has 23 heavy (non-hydrogen) atoms. The Morgan fingerprint density at radius 2 is 1.91 bits per heavy atom. The SMILES string of the molecule is COC(=O)/C(=C1/Oc2cc(C)ccc2C1=O)N1CCN(C)CC1. The molecule has 0 bridgehead atoms. The summed E-state index contributed by atoms with van der Waals surface area (Å²) in [5.41, 5.74) is 1.71. The fourth-order valence-electron chi connectivity index (χ4n) is 2.83. The molecule has 122 valence electrons. The molecule has 6 heteroatoms. The van der Waals surface area contributed by atoms with Crippen molar-refractivity contribution in [1.82, 2.24) is 9.80 Å². The van der Waals surface area contributed by atoms with Crippen LogP contribution >= 0.6 is 0 Å².